The van der Waals surface area contributed by atoms with E-state index in [2.05, 4.69) is 0 Å². The van der Waals surface area contributed by atoms with Gasteiger partial charge in [-0.15, -0.1) is 0 Å². The highest BCUT2D eigenvalue weighted by Gasteiger charge is 2.18. The van der Waals surface area contributed by atoms with Crippen LogP contribution in [0.25, 0.3) is 5.69 Å². The zero-order valence-corrected chi connectivity index (χ0v) is 11.1. The maximum absolute atomic E-state index is 12.1. The lowest BCUT2D eigenvalue weighted by Gasteiger charge is -2.14. The summed E-state index contributed by atoms with van der Waals surface area (Å²) in [5, 5.41) is 0. The molecule has 1 aromatic carbocycles. The van der Waals surface area contributed by atoms with Gasteiger partial charge in [0.2, 0.25) is 0 Å². The minimum atomic E-state index is 0.132. The molecule has 1 heterocycles. The van der Waals surface area contributed by atoms with E-state index in [4.69, 9.17) is 4.74 Å². The van der Waals surface area contributed by atoms with Crippen molar-refractivity contribution in [2.24, 2.45) is 0 Å². The third-order valence-electron chi connectivity index (χ3n) is 3.38. The average Bonchev–Trinajstić information content (AvgIpc) is 2.75. The highest BCUT2D eigenvalue weighted by Crippen LogP contribution is 2.26. The molecule has 0 spiro atoms. The van der Waals surface area contributed by atoms with Crippen molar-refractivity contribution in [3.63, 3.8) is 0 Å². The SMILES string of the molecule is COc1ccc(-n2c3c(sc2=O)CCCC3)cc1. The standard InChI is InChI=1S/C14H15NO2S/c1-17-11-8-6-10(7-9-11)15-12-4-2-3-5-13(12)18-14(15)16/h6-9H,2-5H2,1H3. The number of aryl methyl sites for hydroxylation is 1. The van der Waals surface area contributed by atoms with E-state index in [9.17, 15) is 4.79 Å². The Labute approximate surface area is 110 Å². The zero-order chi connectivity index (χ0) is 12.5. The van der Waals surface area contributed by atoms with Crippen LogP contribution >= 0.6 is 11.3 Å². The molecule has 0 bridgehead atoms. The average molecular weight is 261 g/mol. The van der Waals surface area contributed by atoms with Crippen molar-refractivity contribution in [3.8, 4) is 11.4 Å². The summed E-state index contributed by atoms with van der Waals surface area (Å²) >= 11 is 1.40. The van der Waals surface area contributed by atoms with E-state index >= 15 is 0 Å². The van der Waals surface area contributed by atoms with Crippen LogP contribution in [0.2, 0.25) is 0 Å². The molecule has 0 fully saturated rings. The van der Waals surface area contributed by atoms with E-state index in [1.165, 1.54) is 34.7 Å². The monoisotopic (exact) mass is 261 g/mol. The molecule has 0 atom stereocenters. The summed E-state index contributed by atoms with van der Waals surface area (Å²) in [6, 6.07) is 7.69. The summed E-state index contributed by atoms with van der Waals surface area (Å²) in [5.41, 5.74) is 2.15. The molecule has 0 amide bonds. The topological polar surface area (TPSA) is 31.2 Å². The molecule has 3 nitrogen and oxygen atoms in total. The van der Waals surface area contributed by atoms with Crippen LogP contribution in [-0.2, 0) is 12.8 Å². The molecule has 0 radical (unpaired) electrons. The first-order chi connectivity index (χ1) is 8.79. The van der Waals surface area contributed by atoms with Gasteiger partial charge in [0.1, 0.15) is 5.75 Å². The van der Waals surface area contributed by atoms with Crippen LogP contribution in [0.5, 0.6) is 5.75 Å². The quantitative estimate of drug-likeness (QED) is 0.832. The smallest absolute Gasteiger partial charge is 0.312 e. The fraction of sp³-hybridized carbons (Fsp3) is 0.357. The lowest BCUT2D eigenvalue weighted by Crippen LogP contribution is -2.15. The van der Waals surface area contributed by atoms with Crippen molar-refractivity contribution < 1.29 is 4.74 Å². The lowest BCUT2D eigenvalue weighted by atomic mass is 10.0. The van der Waals surface area contributed by atoms with Gasteiger partial charge in [0, 0.05) is 16.3 Å². The molecule has 1 aromatic heterocycles. The van der Waals surface area contributed by atoms with Crippen molar-refractivity contribution in [2.75, 3.05) is 7.11 Å². The Kier molecular flexibility index (Phi) is 2.96. The van der Waals surface area contributed by atoms with Crippen LogP contribution in [0.15, 0.2) is 29.1 Å². The maximum atomic E-state index is 12.1. The van der Waals surface area contributed by atoms with Gasteiger partial charge in [-0.2, -0.15) is 0 Å². The first kappa shape index (κ1) is 11.5. The second kappa shape index (κ2) is 4.61. The van der Waals surface area contributed by atoms with Gasteiger partial charge in [-0.05, 0) is 49.9 Å². The number of thiazole rings is 1. The molecule has 0 saturated heterocycles. The highest BCUT2D eigenvalue weighted by molar-refractivity contribution is 7.09. The van der Waals surface area contributed by atoms with Crippen molar-refractivity contribution in [1.29, 1.82) is 0 Å². The predicted molar refractivity (Wildman–Crippen MR) is 73.1 cm³/mol. The molecule has 1 aliphatic carbocycles. The number of aromatic nitrogens is 1. The second-order valence-corrected chi connectivity index (χ2v) is 5.52. The molecule has 2 aromatic rings. The Bertz CT molecular complexity index is 610. The highest BCUT2D eigenvalue weighted by atomic mass is 32.1. The molecular formula is C14H15NO2S. The third kappa shape index (κ3) is 1.86. The molecule has 0 unspecified atom stereocenters. The summed E-state index contributed by atoms with van der Waals surface area (Å²) in [6.45, 7) is 0. The van der Waals surface area contributed by atoms with Crippen molar-refractivity contribution in [3.05, 3.63) is 44.5 Å². The summed E-state index contributed by atoms with van der Waals surface area (Å²) < 4.78 is 7.00. The van der Waals surface area contributed by atoms with E-state index in [1.807, 2.05) is 28.8 Å². The molecule has 0 aliphatic heterocycles. The van der Waals surface area contributed by atoms with Crippen molar-refractivity contribution in [2.45, 2.75) is 25.7 Å². The predicted octanol–water partition coefficient (Wildman–Crippen LogP) is 2.79. The van der Waals surface area contributed by atoms with Gasteiger partial charge in [-0.1, -0.05) is 11.3 Å². The minimum absolute atomic E-state index is 0.132. The summed E-state index contributed by atoms with van der Waals surface area (Å²) in [7, 11) is 1.65. The number of nitrogens with zero attached hydrogens (tertiary/aromatic N) is 1. The van der Waals surface area contributed by atoms with E-state index in [1.54, 1.807) is 7.11 Å². The molecular weight excluding hydrogens is 246 g/mol. The maximum Gasteiger partial charge on any atom is 0.312 e. The van der Waals surface area contributed by atoms with Crippen LogP contribution in [-0.4, -0.2) is 11.7 Å². The fourth-order valence-corrected chi connectivity index (χ4v) is 3.54. The number of benzene rings is 1. The Morgan fingerprint density at radius 2 is 1.89 bits per heavy atom. The zero-order valence-electron chi connectivity index (χ0n) is 10.3. The van der Waals surface area contributed by atoms with Crippen LogP contribution in [0.1, 0.15) is 23.4 Å². The van der Waals surface area contributed by atoms with E-state index in [0.29, 0.717) is 0 Å². The van der Waals surface area contributed by atoms with Gasteiger partial charge < -0.3 is 4.74 Å². The normalized spacial score (nSPS) is 14.3. The molecule has 3 rings (SSSR count). The van der Waals surface area contributed by atoms with E-state index in [-0.39, 0.29) is 4.87 Å². The molecule has 1 aliphatic rings. The third-order valence-corrected chi connectivity index (χ3v) is 4.43. The van der Waals surface area contributed by atoms with Crippen molar-refractivity contribution >= 4 is 11.3 Å². The molecule has 4 heteroatoms. The first-order valence-electron chi connectivity index (χ1n) is 6.17. The minimum Gasteiger partial charge on any atom is -0.497 e. The first-order valence-corrected chi connectivity index (χ1v) is 6.99. The van der Waals surface area contributed by atoms with Crippen LogP contribution in [0.3, 0.4) is 0 Å². The largest absolute Gasteiger partial charge is 0.497 e. The Hall–Kier alpha value is -1.55. The van der Waals surface area contributed by atoms with Gasteiger partial charge in [-0.25, -0.2) is 0 Å². The van der Waals surface area contributed by atoms with Crippen LogP contribution < -0.4 is 9.61 Å². The number of ether oxygens (including phenoxy) is 1. The Morgan fingerprint density at radius 1 is 1.17 bits per heavy atom. The fourth-order valence-electron chi connectivity index (χ4n) is 2.46. The number of hydrogen-bond donors (Lipinski definition) is 0. The van der Waals surface area contributed by atoms with Gasteiger partial charge in [0.15, 0.2) is 0 Å². The summed E-state index contributed by atoms with van der Waals surface area (Å²) in [4.78, 5) is 13.5. The lowest BCUT2D eigenvalue weighted by molar-refractivity contribution is 0.414. The van der Waals surface area contributed by atoms with Gasteiger partial charge in [-0.3, -0.25) is 9.36 Å². The number of methoxy groups -OCH3 is 1. The van der Waals surface area contributed by atoms with Crippen LogP contribution in [0, 0.1) is 0 Å². The number of fused-ring (bicyclic) bond motifs is 1. The van der Waals surface area contributed by atoms with E-state index in [0.717, 1.165) is 24.3 Å². The second-order valence-electron chi connectivity index (χ2n) is 4.48. The molecule has 94 valence electrons. The molecule has 0 N–H and O–H groups in total. The molecule has 18 heavy (non-hydrogen) atoms. The molecule has 0 saturated carbocycles. The summed E-state index contributed by atoms with van der Waals surface area (Å²) in [6.07, 6.45) is 4.45. The van der Waals surface area contributed by atoms with E-state index < -0.39 is 0 Å². The number of hydrogen-bond acceptors (Lipinski definition) is 3. The van der Waals surface area contributed by atoms with Crippen molar-refractivity contribution in [1.82, 2.24) is 4.57 Å². The van der Waals surface area contributed by atoms with Gasteiger partial charge in [0.05, 0.1) is 7.11 Å². The summed E-state index contributed by atoms with van der Waals surface area (Å²) in [5.74, 6) is 0.816. The Morgan fingerprint density at radius 3 is 2.61 bits per heavy atom. The van der Waals surface area contributed by atoms with Gasteiger partial charge in [0.25, 0.3) is 0 Å². The number of rotatable bonds is 2. The van der Waals surface area contributed by atoms with Crippen LogP contribution in [0.4, 0.5) is 0 Å². The van der Waals surface area contributed by atoms with Gasteiger partial charge >= 0.3 is 4.87 Å². The Balaban J connectivity index is 2.10.